The Bertz CT molecular complexity index is 977. The van der Waals surface area contributed by atoms with Gasteiger partial charge in [-0.3, -0.25) is 14.6 Å². The third kappa shape index (κ3) is 4.02. The highest BCUT2D eigenvalue weighted by molar-refractivity contribution is 6.07. The highest BCUT2D eigenvalue weighted by Gasteiger charge is 2.32. The highest BCUT2D eigenvalue weighted by Crippen LogP contribution is 2.27. The van der Waals surface area contributed by atoms with E-state index in [0.29, 0.717) is 11.3 Å². The predicted molar refractivity (Wildman–Crippen MR) is 90.3 cm³/mol. The molecular weight excluding hydrogens is 361 g/mol. The standard InChI is InChI=1S/C18H13F3N4O2/c1-25-9-8-22-16(25)15(26)11-2-5-13(6-3-11)24-17(27)12-4-7-14(23-10-12)18(19,20)21/h2-10H,1H3,(H,24,27). The zero-order chi connectivity index (χ0) is 19.6. The van der Waals surface area contributed by atoms with Crippen LogP contribution in [0, 0.1) is 0 Å². The van der Waals surface area contributed by atoms with Crippen molar-refractivity contribution in [2.75, 3.05) is 5.32 Å². The van der Waals surface area contributed by atoms with Crippen molar-refractivity contribution in [1.82, 2.24) is 14.5 Å². The number of alkyl halides is 3. The minimum Gasteiger partial charge on any atom is -0.331 e. The van der Waals surface area contributed by atoms with Crippen molar-refractivity contribution >= 4 is 17.4 Å². The van der Waals surface area contributed by atoms with Crippen LogP contribution in [-0.2, 0) is 13.2 Å². The third-order valence-electron chi connectivity index (χ3n) is 3.75. The molecule has 1 amide bonds. The van der Waals surface area contributed by atoms with Crippen molar-refractivity contribution in [3.63, 3.8) is 0 Å². The number of anilines is 1. The number of carbonyl (C=O) groups excluding carboxylic acids is 2. The highest BCUT2D eigenvalue weighted by atomic mass is 19.4. The van der Waals surface area contributed by atoms with Crippen LogP contribution in [0.1, 0.15) is 32.2 Å². The van der Waals surface area contributed by atoms with Gasteiger partial charge < -0.3 is 9.88 Å². The molecule has 0 fully saturated rings. The summed E-state index contributed by atoms with van der Waals surface area (Å²) in [5, 5.41) is 2.54. The van der Waals surface area contributed by atoms with Crippen LogP contribution in [-0.4, -0.2) is 26.2 Å². The van der Waals surface area contributed by atoms with E-state index >= 15 is 0 Å². The largest absolute Gasteiger partial charge is 0.433 e. The molecular formula is C18H13F3N4O2. The van der Waals surface area contributed by atoms with E-state index in [-0.39, 0.29) is 17.2 Å². The zero-order valence-electron chi connectivity index (χ0n) is 14.0. The van der Waals surface area contributed by atoms with Crippen molar-refractivity contribution in [3.8, 4) is 0 Å². The fourth-order valence-corrected chi connectivity index (χ4v) is 2.32. The van der Waals surface area contributed by atoms with Gasteiger partial charge in [0.1, 0.15) is 5.69 Å². The fraction of sp³-hybridized carbons (Fsp3) is 0.111. The molecule has 0 unspecified atom stereocenters. The average molecular weight is 374 g/mol. The number of amides is 1. The molecule has 0 spiro atoms. The van der Waals surface area contributed by atoms with Crippen LogP contribution in [0.4, 0.5) is 18.9 Å². The van der Waals surface area contributed by atoms with Crippen LogP contribution < -0.4 is 5.32 Å². The first-order valence-electron chi connectivity index (χ1n) is 7.72. The number of hydrogen-bond acceptors (Lipinski definition) is 4. The van der Waals surface area contributed by atoms with Crippen molar-refractivity contribution in [1.29, 1.82) is 0 Å². The van der Waals surface area contributed by atoms with E-state index in [2.05, 4.69) is 15.3 Å². The van der Waals surface area contributed by atoms with Crippen LogP contribution in [0.15, 0.2) is 55.0 Å². The smallest absolute Gasteiger partial charge is 0.331 e. The van der Waals surface area contributed by atoms with Gasteiger partial charge in [-0.15, -0.1) is 0 Å². The molecule has 2 heterocycles. The van der Waals surface area contributed by atoms with Gasteiger partial charge in [0, 0.05) is 36.9 Å². The lowest BCUT2D eigenvalue weighted by atomic mass is 10.1. The topological polar surface area (TPSA) is 76.9 Å². The molecule has 0 bridgehead atoms. The third-order valence-corrected chi connectivity index (χ3v) is 3.75. The number of aromatic nitrogens is 3. The number of aryl methyl sites for hydroxylation is 1. The normalized spacial score (nSPS) is 11.3. The number of pyridine rings is 1. The molecule has 0 aliphatic heterocycles. The molecule has 138 valence electrons. The molecule has 0 atom stereocenters. The van der Waals surface area contributed by atoms with Crippen molar-refractivity contribution in [2.45, 2.75) is 6.18 Å². The van der Waals surface area contributed by atoms with Gasteiger partial charge in [0.25, 0.3) is 5.91 Å². The Balaban J connectivity index is 1.70. The summed E-state index contributed by atoms with van der Waals surface area (Å²) in [6.45, 7) is 0. The molecule has 1 N–H and O–H groups in total. The number of rotatable bonds is 4. The summed E-state index contributed by atoms with van der Waals surface area (Å²) in [7, 11) is 1.70. The summed E-state index contributed by atoms with van der Waals surface area (Å²) in [6.07, 6.45) is -0.540. The maximum absolute atomic E-state index is 12.5. The minimum absolute atomic E-state index is 0.0174. The van der Waals surface area contributed by atoms with Gasteiger partial charge in [0.05, 0.1) is 5.56 Å². The number of halogens is 3. The molecule has 3 rings (SSSR count). The van der Waals surface area contributed by atoms with Gasteiger partial charge in [0.15, 0.2) is 5.82 Å². The second kappa shape index (κ2) is 7.02. The fourth-order valence-electron chi connectivity index (χ4n) is 2.32. The van der Waals surface area contributed by atoms with Crippen molar-refractivity contribution in [2.24, 2.45) is 7.05 Å². The number of ketones is 1. The maximum Gasteiger partial charge on any atom is 0.433 e. The van der Waals surface area contributed by atoms with E-state index in [1.54, 1.807) is 17.8 Å². The Kier molecular flexibility index (Phi) is 4.76. The van der Waals surface area contributed by atoms with E-state index in [4.69, 9.17) is 0 Å². The first-order valence-corrected chi connectivity index (χ1v) is 7.72. The summed E-state index contributed by atoms with van der Waals surface area (Å²) >= 11 is 0. The Labute approximate surface area is 151 Å². The second-order valence-corrected chi connectivity index (χ2v) is 5.65. The predicted octanol–water partition coefficient (Wildman–Crippen LogP) is 3.32. The first kappa shape index (κ1) is 18.3. The molecule has 0 saturated carbocycles. The molecule has 27 heavy (non-hydrogen) atoms. The van der Waals surface area contributed by atoms with Gasteiger partial charge in [-0.1, -0.05) is 0 Å². The van der Waals surface area contributed by atoms with Gasteiger partial charge in [-0.25, -0.2) is 4.98 Å². The summed E-state index contributed by atoms with van der Waals surface area (Å²) in [6, 6.07) is 7.88. The Morgan fingerprint density at radius 1 is 1.00 bits per heavy atom. The lowest BCUT2D eigenvalue weighted by Gasteiger charge is -2.08. The molecule has 2 aromatic heterocycles. The van der Waals surface area contributed by atoms with Crippen LogP contribution in [0.5, 0.6) is 0 Å². The lowest BCUT2D eigenvalue weighted by molar-refractivity contribution is -0.141. The number of imidazole rings is 1. The zero-order valence-corrected chi connectivity index (χ0v) is 14.0. The molecule has 1 aromatic carbocycles. The molecule has 0 saturated heterocycles. The van der Waals surface area contributed by atoms with Gasteiger partial charge >= 0.3 is 6.18 Å². The van der Waals surface area contributed by atoms with Crippen LogP contribution >= 0.6 is 0 Å². The molecule has 0 aliphatic rings. The number of hydrogen-bond donors (Lipinski definition) is 1. The minimum atomic E-state index is -4.56. The Hall–Kier alpha value is -3.49. The molecule has 6 nitrogen and oxygen atoms in total. The van der Waals surface area contributed by atoms with Crippen LogP contribution in [0.25, 0.3) is 0 Å². The molecule has 0 radical (unpaired) electrons. The summed E-state index contributed by atoms with van der Waals surface area (Å²) in [5.74, 6) is -0.602. The molecule has 3 aromatic rings. The second-order valence-electron chi connectivity index (χ2n) is 5.65. The van der Waals surface area contributed by atoms with Gasteiger partial charge in [0.2, 0.25) is 5.78 Å². The SMILES string of the molecule is Cn1ccnc1C(=O)c1ccc(NC(=O)c2ccc(C(F)(F)F)nc2)cc1. The lowest BCUT2D eigenvalue weighted by Crippen LogP contribution is -2.14. The maximum atomic E-state index is 12.5. The first-order chi connectivity index (χ1) is 12.8. The van der Waals surface area contributed by atoms with E-state index in [0.717, 1.165) is 18.3 Å². The van der Waals surface area contributed by atoms with Crippen LogP contribution in [0.2, 0.25) is 0 Å². The summed E-state index contributed by atoms with van der Waals surface area (Å²) in [4.78, 5) is 31.7. The quantitative estimate of drug-likeness (QED) is 0.711. The van der Waals surface area contributed by atoms with Crippen molar-refractivity contribution < 1.29 is 22.8 Å². The van der Waals surface area contributed by atoms with E-state index < -0.39 is 17.8 Å². The number of nitrogens with one attached hydrogen (secondary N) is 1. The van der Waals surface area contributed by atoms with E-state index in [1.165, 1.54) is 30.5 Å². The van der Waals surface area contributed by atoms with Crippen LogP contribution in [0.3, 0.4) is 0 Å². The van der Waals surface area contributed by atoms with Crippen molar-refractivity contribution in [3.05, 3.63) is 77.6 Å². The molecule has 9 heteroatoms. The summed E-state index contributed by atoms with van der Waals surface area (Å²) < 4.78 is 39.1. The Morgan fingerprint density at radius 3 is 2.19 bits per heavy atom. The van der Waals surface area contributed by atoms with Gasteiger partial charge in [-0.05, 0) is 36.4 Å². The Morgan fingerprint density at radius 2 is 1.67 bits per heavy atom. The van der Waals surface area contributed by atoms with E-state index in [9.17, 15) is 22.8 Å². The van der Waals surface area contributed by atoms with E-state index in [1.807, 2.05) is 0 Å². The average Bonchev–Trinajstić information content (AvgIpc) is 3.07. The number of carbonyl (C=O) groups is 2. The van der Waals surface area contributed by atoms with Gasteiger partial charge in [-0.2, -0.15) is 13.2 Å². The number of benzene rings is 1. The number of nitrogens with zero attached hydrogens (tertiary/aromatic N) is 3. The monoisotopic (exact) mass is 374 g/mol. The molecule has 0 aliphatic carbocycles. The summed E-state index contributed by atoms with van der Waals surface area (Å²) in [5.41, 5.74) is -0.317.